The van der Waals surface area contributed by atoms with Crippen LogP contribution in [0.15, 0.2) is 30.5 Å². The van der Waals surface area contributed by atoms with Gasteiger partial charge in [-0.25, -0.2) is 4.98 Å². The number of aryl methyl sites for hydroxylation is 1. The van der Waals surface area contributed by atoms with Crippen molar-refractivity contribution < 1.29 is 24.6 Å². The highest BCUT2D eigenvalue weighted by molar-refractivity contribution is 5.94. The fourth-order valence-electron chi connectivity index (χ4n) is 2.13. The van der Waals surface area contributed by atoms with Crippen molar-refractivity contribution in [3.05, 3.63) is 53.1 Å². The number of nitrogens with one attached hydrogen (secondary N) is 2. The summed E-state index contributed by atoms with van der Waals surface area (Å²) in [6, 6.07) is 7.53. The molecular weight excluding hydrogens is 352 g/mol. The summed E-state index contributed by atoms with van der Waals surface area (Å²) in [7, 11) is 4.04. The zero-order valence-electron chi connectivity index (χ0n) is 15.8. The molecule has 9 heteroatoms. The first kappa shape index (κ1) is 23.8. The summed E-state index contributed by atoms with van der Waals surface area (Å²) in [6.07, 6.45) is 1.76. The molecular formula is C18H26N4O5. The van der Waals surface area contributed by atoms with Gasteiger partial charge in [0.15, 0.2) is 0 Å². The molecule has 2 aromatic rings. The fourth-order valence-corrected chi connectivity index (χ4v) is 2.13. The Morgan fingerprint density at radius 2 is 1.74 bits per heavy atom. The maximum atomic E-state index is 12.2. The van der Waals surface area contributed by atoms with E-state index < -0.39 is 0 Å². The van der Waals surface area contributed by atoms with Crippen molar-refractivity contribution in [2.75, 3.05) is 14.1 Å². The van der Waals surface area contributed by atoms with Crippen molar-refractivity contribution in [3.8, 4) is 0 Å². The van der Waals surface area contributed by atoms with E-state index in [0.717, 1.165) is 18.1 Å². The Bertz CT molecular complexity index is 692. The van der Waals surface area contributed by atoms with Gasteiger partial charge in [-0.1, -0.05) is 12.1 Å². The van der Waals surface area contributed by atoms with Crippen LogP contribution in [0.4, 0.5) is 0 Å². The Morgan fingerprint density at radius 1 is 1.22 bits per heavy atom. The monoisotopic (exact) mass is 378 g/mol. The zero-order chi connectivity index (χ0) is 20.8. The van der Waals surface area contributed by atoms with E-state index in [4.69, 9.17) is 19.8 Å². The first-order chi connectivity index (χ1) is 12.8. The smallest absolute Gasteiger partial charge is 0.290 e. The topological polar surface area (TPSA) is 136 Å². The number of carbonyl (C=O) groups excluding carboxylic acids is 1. The molecule has 0 saturated heterocycles. The number of carbonyl (C=O) groups is 3. The lowest BCUT2D eigenvalue weighted by Crippen LogP contribution is -2.27. The molecule has 0 saturated carbocycles. The number of aromatic nitrogens is 2. The van der Waals surface area contributed by atoms with Gasteiger partial charge in [-0.05, 0) is 45.6 Å². The molecule has 1 unspecified atom stereocenters. The molecule has 148 valence electrons. The number of rotatable bonds is 5. The Kier molecular flexibility index (Phi) is 11.5. The third kappa shape index (κ3) is 9.75. The number of hydrogen-bond acceptors (Lipinski definition) is 5. The van der Waals surface area contributed by atoms with Crippen LogP contribution in [-0.4, -0.2) is 58.0 Å². The summed E-state index contributed by atoms with van der Waals surface area (Å²) in [5.74, 6) is 0.679. The van der Waals surface area contributed by atoms with Crippen molar-refractivity contribution in [3.63, 3.8) is 0 Å². The number of benzene rings is 1. The summed E-state index contributed by atoms with van der Waals surface area (Å²) in [6.45, 7) is 4.22. The average molecular weight is 378 g/mol. The van der Waals surface area contributed by atoms with Crippen LogP contribution in [-0.2, 0) is 16.1 Å². The van der Waals surface area contributed by atoms with Crippen LogP contribution in [0.3, 0.4) is 0 Å². The van der Waals surface area contributed by atoms with Crippen LogP contribution >= 0.6 is 0 Å². The van der Waals surface area contributed by atoms with Crippen molar-refractivity contribution >= 4 is 18.9 Å². The fraction of sp³-hybridized carbons (Fsp3) is 0.333. The molecule has 2 rings (SSSR count). The SMILES string of the molecule is Cc1cnc(C(C)NC(=O)c2ccc(CN(C)C)cc2)[nH]1.O=CO.O=CO. The molecule has 27 heavy (non-hydrogen) atoms. The normalized spacial score (nSPS) is 10.6. The van der Waals surface area contributed by atoms with E-state index in [9.17, 15) is 4.79 Å². The van der Waals surface area contributed by atoms with E-state index in [1.54, 1.807) is 6.20 Å². The number of aromatic amines is 1. The van der Waals surface area contributed by atoms with Gasteiger partial charge in [-0.15, -0.1) is 0 Å². The first-order valence-corrected chi connectivity index (χ1v) is 8.00. The Morgan fingerprint density at radius 3 is 2.15 bits per heavy atom. The van der Waals surface area contributed by atoms with E-state index >= 15 is 0 Å². The Balaban J connectivity index is 0.000000997. The predicted molar refractivity (Wildman–Crippen MR) is 100 cm³/mol. The van der Waals surface area contributed by atoms with Gasteiger partial charge < -0.3 is 25.4 Å². The minimum absolute atomic E-state index is 0.0899. The Labute approximate surface area is 158 Å². The molecule has 0 bridgehead atoms. The molecule has 0 aliphatic rings. The summed E-state index contributed by atoms with van der Waals surface area (Å²) >= 11 is 0. The Hall–Kier alpha value is -3.20. The van der Waals surface area contributed by atoms with Crippen LogP contribution in [0, 0.1) is 6.92 Å². The average Bonchev–Trinajstić information content (AvgIpc) is 3.03. The van der Waals surface area contributed by atoms with Gasteiger partial charge in [-0.2, -0.15) is 0 Å². The number of hydrogen-bond donors (Lipinski definition) is 4. The molecule has 0 aliphatic carbocycles. The molecule has 1 aromatic heterocycles. The number of carboxylic acid groups (broad SMARTS) is 2. The van der Waals surface area contributed by atoms with E-state index in [1.165, 1.54) is 5.56 Å². The van der Waals surface area contributed by atoms with Crippen molar-refractivity contribution in [1.82, 2.24) is 20.2 Å². The summed E-state index contributed by atoms with van der Waals surface area (Å²) < 4.78 is 0. The van der Waals surface area contributed by atoms with E-state index in [0.29, 0.717) is 5.56 Å². The molecule has 1 amide bonds. The van der Waals surface area contributed by atoms with Gasteiger partial charge in [0.2, 0.25) is 0 Å². The van der Waals surface area contributed by atoms with Gasteiger partial charge >= 0.3 is 0 Å². The summed E-state index contributed by atoms with van der Waals surface area (Å²) in [5.41, 5.74) is 2.83. The molecule has 1 atom stereocenters. The summed E-state index contributed by atoms with van der Waals surface area (Å²) in [5, 5.41) is 16.7. The van der Waals surface area contributed by atoms with E-state index in [2.05, 4.69) is 20.2 Å². The second-order valence-corrected chi connectivity index (χ2v) is 5.79. The van der Waals surface area contributed by atoms with Crippen LogP contribution in [0.25, 0.3) is 0 Å². The third-order valence-electron chi connectivity index (χ3n) is 3.20. The number of amides is 1. The maximum absolute atomic E-state index is 12.2. The van der Waals surface area contributed by atoms with Crippen LogP contribution in [0.1, 0.15) is 40.4 Å². The third-order valence-corrected chi connectivity index (χ3v) is 3.20. The number of nitrogens with zero attached hydrogens (tertiary/aromatic N) is 2. The van der Waals surface area contributed by atoms with Crippen LogP contribution < -0.4 is 5.32 Å². The molecule has 4 N–H and O–H groups in total. The lowest BCUT2D eigenvalue weighted by molar-refractivity contribution is -0.123. The molecule has 0 aliphatic heterocycles. The number of H-pyrrole nitrogens is 1. The quantitative estimate of drug-likeness (QED) is 0.581. The highest BCUT2D eigenvalue weighted by atomic mass is 16.3. The second-order valence-electron chi connectivity index (χ2n) is 5.79. The van der Waals surface area contributed by atoms with Gasteiger partial charge in [-0.3, -0.25) is 14.4 Å². The number of imidazole rings is 1. The molecule has 1 heterocycles. The van der Waals surface area contributed by atoms with Crippen molar-refractivity contribution in [2.24, 2.45) is 0 Å². The predicted octanol–water partition coefficient (Wildman–Crippen LogP) is 1.67. The van der Waals surface area contributed by atoms with Gasteiger partial charge in [0, 0.05) is 24.0 Å². The van der Waals surface area contributed by atoms with Gasteiger partial charge in [0.1, 0.15) is 5.82 Å². The molecule has 0 spiro atoms. The van der Waals surface area contributed by atoms with Crippen LogP contribution in [0.5, 0.6) is 0 Å². The highest BCUT2D eigenvalue weighted by Crippen LogP contribution is 2.11. The van der Waals surface area contributed by atoms with Crippen molar-refractivity contribution in [2.45, 2.75) is 26.4 Å². The molecule has 1 aromatic carbocycles. The largest absolute Gasteiger partial charge is 0.483 e. The van der Waals surface area contributed by atoms with Gasteiger partial charge in [0.25, 0.3) is 18.9 Å². The lowest BCUT2D eigenvalue weighted by atomic mass is 10.1. The van der Waals surface area contributed by atoms with Gasteiger partial charge in [0.05, 0.1) is 6.04 Å². The zero-order valence-corrected chi connectivity index (χ0v) is 15.8. The lowest BCUT2D eigenvalue weighted by Gasteiger charge is -2.13. The molecule has 0 radical (unpaired) electrons. The van der Waals surface area contributed by atoms with E-state index in [1.807, 2.05) is 52.2 Å². The molecule has 9 nitrogen and oxygen atoms in total. The molecule has 0 fully saturated rings. The standard InChI is InChI=1S/C16H22N4O.2CH2O2/c1-11-9-17-15(18-11)12(2)19-16(21)14-7-5-13(6-8-14)10-20(3)4;2*2-1-3/h5-9,12H,10H2,1-4H3,(H,17,18)(H,19,21);2*1H,(H,2,3). The first-order valence-electron chi connectivity index (χ1n) is 8.00. The van der Waals surface area contributed by atoms with Crippen molar-refractivity contribution in [1.29, 1.82) is 0 Å². The minimum Gasteiger partial charge on any atom is -0.483 e. The maximum Gasteiger partial charge on any atom is 0.290 e. The van der Waals surface area contributed by atoms with Crippen LogP contribution in [0.2, 0.25) is 0 Å². The highest BCUT2D eigenvalue weighted by Gasteiger charge is 2.13. The van der Waals surface area contributed by atoms with E-state index in [-0.39, 0.29) is 24.9 Å². The second kappa shape index (κ2) is 13.1. The summed E-state index contributed by atoms with van der Waals surface area (Å²) in [4.78, 5) is 38.4. The minimum atomic E-state index is -0.250.